The Morgan fingerprint density at radius 2 is 1.84 bits per heavy atom. The molecule has 3 unspecified atom stereocenters. The number of aryl methyl sites for hydroxylation is 1. The number of fused-ring (bicyclic) bond motifs is 1. The van der Waals surface area contributed by atoms with E-state index in [1.165, 1.54) is 6.20 Å². The van der Waals surface area contributed by atoms with Crippen LogP contribution in [0.25, 0.3) is 0 Å². The molecule has 0 radical (unpaired) electrons. The van der Waals surface area contributed by atoms with Gasteiger partial charge in [0.2, 0.25) is 5.91 Å². The van der Waals surface area contributed by atoms with Crippen LogP contribution in [0.1, 0.15) is 89.0 Å². The van der Waals surface area contributed by atoms with Crippen LogP contribution in [-0.2, 0) is 0 Å². The number of rotatable bonds is 9. The zero-order valence-electron chi connectivity index (χ0n) is 21.9. The third-order valence-electron chi connectivity index (χ3n) is 7.91. The van der Waals surface area contributed by atoms with E-state index in [2.05, 4.69) is 34.4 Å². The number of nitrogens with two attached hydrogens (primary N) is 2. The first-order valence-corrected chi connectivity index (χ1v) is 13.3. The molecule has 0 bridgehead atoms. The summed E-state index contributed by atoms with van der Waals surface area (Å²) in [7, 11) is 0. The third-order valence-corrected chi connectivity index (χ3v) is 7.91. The fourth-order valence-electron chi connectivity index (χ4n) is 5.84. The first kappa shape index (κ1) is 26.4. The van der Waals surface area contributed by atoms with Crippen molar-refractivity contribution in [3.63, 3.8) is 0 Å². The van der Waals surface area contributed by atoms with Crippen LogP contribution in [-0.4, -0.2) is 47.4 Å². The predicted molar refractivity (Wildman–Crippen MR) is 145 cm³/mol. The number of primary amides is 2. The molecule has 1 aliphatic heterocycles. The smallest absolute Gasteiger partial charge is 0.251 e. The zero-order valence-corrected chi connectivity index (χ0v) is 21.9. The quantitative estimate of drug-likeness (QED) is 0.411. The second-order valence-electron chi connectivity index (χ2n) is 10.3. The van der Waals surface area contributed by atoms with Crippen LogP contribution in [0.3, 0.4) is 0 Å². The van der Waals surface area contributed by atoms with Gasteiger partial charge < -0.3 is 27.0 Å². The SMILES string of the molecule is CCC(CC)Nc1cc(C(=O)NC2CC3CCCN(c4ccc(C(N)=O)cn4)C3C2)c(C)cc1C(N)=O. The van der Waals surface area contributed by atoms with Crippen molar-refractivity contribution >= 4 is 29.2 Å². The van der Waals surface area contributed by atoms with Crippen molar-refractivity contribution in [2.75, 3.05) is 16.8 Å². The van der Waals surface area contributed by atoms with Crippen molar-refractivity contribution in [3.8, 4) is 0 Å². The highest BCUT2D eigenvalue weighted by molar-refractivity contribution is 6.03. The predicted octanol–water partition coefficient (Wildman–Crippen LogP) is 3.37. The van der Waals surface area contributed by atoms with Crippen LogP contribution in [0.5, 0.6) is 0 Å². The largest absolute Gasteiger partial charge is 0.382 e. The minimum absolute atomic E-state index is 0.0404. The summed E-state index contributed by atoms with van der Waals surface area (Å²) in [5, 5.41) is 6.65. The summed E-state index contributed by atoms with van der Waals surface area (Å²) in [4.78, 5) is 43.7. The maximum atomic E-state index is 13.4. The van der Waals surface area contributed by atoms with Gasteiger partial charge in [-0.3, -0.25) is 14.4 Å². The lowest BCUT2D eigenvalue weighted by molar-refractivity contribution is 0.0933. The number of hydrogen-bond donors (Lipinski definition) is 4. The van der Waals surface area contributed by atoms with Crippen LogP contribution >= 0.6 is 0 Å². The molecule has 2 aromatic rings. The molecule has 3 atom stereocenters. The van der Waals surface area contributed by atoms with Gasteiger partial charge in [0.15, 0.2) is 0 Å². The van der Waals surface area contributed by atoms with Crippen LogP contribution in [0, 0.1) is 12.8 Å². The molecule has 9 heteroatoms. The number of anilines is 2. The Bertz CT molecular complexity index is 1160. The Kier molecular flexibility index (Phi) is 8.00. The number of benzene rings is 1. The van der Waals surface area contributed by atoms with Crippen LogP contribution in [0.2, 0.25) is 0 Å². The molecule has 9 nitrogen and oxygen atoms in total. The molecular weight excluding hydrogens is 468 g/mol. The number of amides is 3. The summed E-state index contributed by atoms with van der Waals surface area (Å²) in [5.41, 5.74) is 13.7. The summed E-state index contributed by atoms with van der Waals surface area (Å²) in [6.07, 6.45) is 7.22. The number of nitrogens with one attached hydrogen (secondary N) is 2. The lowest BCUT2D eigenvalue weighted by Crippen LogP contribution is -2.43. The van der Waals surface area contributed by atoms with Crippen molar-refractivity contribution in [1.29, 1.82) is 0 Å². The van der Waals surface area contributed by atoms with Crippen molar-refractivity contribution < 1.29 is 14.4 Å². The number of aromatic nitrogens is 1. The number of nitrogens with zero attached hydrogens (tertiary/aromatic N) is 2. The Balaban J connectivity index is 1.50. The summed E-state index contributed by atoms with van der Waals surface area (Å²) in [5.74, 6) is 0.154. The van der Waals surface area contributed by atoms with E-state index in [0.717, 1.165) is 56.5 Å². The van der Waals surface area contributed by atoms with Crippen molar-refractivity contribution in [2.24, 2.45) is 17.4 Å². The molecule has 198 valence electrons. The standard InChI is InChI=1S/C28H38N6O3/c1-4-19(5-2)32-23-14-21(16(3)11-22(23)27(30)36)28(37)33-20-12-17-7-6-10-34(24(17)13-20)25-9-8-18(15-31-25)26(29)35/h8-9,11,14-15,17,19-20,24,32H,4-7,10,12-13H2,1-3H3,(H2,29,35)(H2,30,36)(H,33,37). The molecule has 2 fully saturated rings. The van der Waals surface area contributed by atoms with E-state index in [0.29, 0.717) is 28.3 Å². The number of pyridine rings is 1. The molecule has 2 heterocycles. The summed E-state index contributed by atoms with van der Waals surface area (Å²) in [6.45, 7) is 6.89. The molecule has 1 saturated heterocycles. The lowest BCUT2D eigenvalue weighted by atomic mass is 9.92. The normalized spacial score (nSPS) is 21.0. The number of piperidine rings is 1. The minimum atomic E-state index is -0.513. The van der Waals surface area contributed by atoms with Crippen LogP contribution in [0.4, 0.5) is 11.5 Å². The highest BCUT2D eigenvalue weighted by Gasteiger charge is 2.41. The van der Waals surface area contributed by atoms with Gasteiger partial charge in [0.25, 0.3) is 11.8 Å². The first-order chi connectivity index (χ1) is 17.7. The van der Waals surface area contributed by atoms with E-state index in [1.54, 1.807) is 18.2 Å². The Morgan fingerprint density at radius 3 is 2.46 bits per heavy atom. The van der Waals surface area contributed by atoms with Crippen molar-refractivity contribution in [3.05, 3.63) is 52.7 Å². The van der Waals surface area contributed by atoms with E-state index in [-0.39, 0.29) is 24.0 Å². The van der Waals surface area contributed by atoms with E-state index in [9.17, 15) is 14.4 Å². The minimum Gasteiger partial charge on any atom is -0.382 e. The number of carbonyl (C=O) groups excluding carboxylic acids is 3. The zero-order chi connectivity index (χ0) is 26.7. The Labute approximate surface area is 218 Å². The highest BCUT2D eigenvalue weighted by Crippen LogP contribution is 2.39. The van der Waals surface area contributed by atoms with Gasteiger partial charge in [-0.1, -0.05) is 13.8 Å². The number of hydrogen-bond acceptors (Lipinski definition) is 6. The van der Waals surface area contributed by atoms with Crippen LogP contribution < -0.4 is 27.0 Å². The molecule has 1 saturated carbocycles. The Hall–Kier alpha value is -3.62. The monoisotopic (exact) mass is 506 g/mol. The maximum Gasteiger partial charge on any atom is 0.251 e. The molecule has 0 spiro atoms. The topological polar surface area (TPSA) is 143 Å². The van der Waals surface area contributed by atoms with Gasteiger partial charge in [-0.15, -0.1) is 0 Å². The third kappa shape index (κ3) is 5.70. The van der Waals surface area contributed by atoms with E-state index in [1.807, 2.05) is 13.0 Å². The number of carbonyl (C=O) groups is 3. The van der Waals surface area contributed by atoms with Gasteiger partial charge in [-0.2, -0.15) is 0 Å². The van der Waals surface area contributed by atoms with Gasteiger partial charge in [0.05, 0.1) is 11.1 Å². The molecule has 37 heavy (non-hydrogen) atoms. The summed E-state index contributed by atoms with van der Waals surface area (Å²) >= 11 is 0. The molecule has 2 aliphatic rings. The molecule has 1 aliphatic carbocycles. The summed E-state index contributed by atoms with van der Waals surface area (Å²) in [6, 6.07) is 7.54. The van der Waals surface area contributed by atoms with E-state index in [4.69, 9.17) is 11.5 Å². The average molecular weight is 507 g/mol. The van der Waals surface area contributed by atoms with Gasteiger partial charge in [0, 0.05) is 42.1 Å². The lowest BCUT2D eigenvalue weighted by Gasteiger charge is -2.38. The molecule has 3 amide bonds. The maximum absolute atomic E-state index is 13.4. The molecular formula is C28H38N6O3. The molecule has 1 aromatic carbocycles. The van der Waals surface area contributed by atoms with Gasteiger partial charge in [-0.05, 0) is 81.2 Å². The van der Waals surface area contributed by atoms with Crippen molar-refractivity contribution in [1.82, 2.24) is 10.3 Å². The van der Waals surface area contributed by atoms with E-state index >= 15 is 0 Å². The molecule has 4 rings (SSSR count). The van der Waals surface area contributed by atoms with Gasteiger partial charge in [0.1, 0.15) is 5.82 Å². The molecule has 1 aromatic heterocycles. The second kappa shape index (κ2) is 11.2. The fraction of sp³-hybridized carbons (Fsp3) is 0.500. The van der Waals surface area contributed by atoms with Crippen LogP contribution in [0.15, 0.2) is 30.5 Å². The van der Waals surface area contributed by atoms with Crippen molar-refractivity contribution in [2.45, 2.75) is 77.4 Å². The fourth-order valence-corrected chi connectivity index (χ4v) is 5.84. The van der Waals surface area contributed by atoms with E-state index < -0.39 is 11.8 Å². The second-order valence-corrected chi connectivity index (χ2v) is 10.3. The highest BCUT2D eigenvalue weighted by atomic mass is 16.2. The average Bonchev–Trinajstić information content (AvgIpc) is 3.30. The van der Waals surface area contributed by atoms with Gasteiger partial charge in [-0.25, -0.2) is 4.98 Å². The Morgan fingerprint density at radius 1 is 1.08 bits per heavy atom. The first-order valence-electron chi connectivity index (χ1n) is 13.3. The van der Waals surface area contributed by atoms with Gasteiger partial charge >= 0.3 is 0 Å². The molecule has 6 N–H and O–H groups in total. The summed E-state index contributed by atoms with van der Waals surface area (Å²) < 4.78 is 0.